The third kappa shape index (κ3) is 3.39. The first kappa shape index (κ1) is 15.9. The topological polar surface area (TPSA) is 20.3 Å². The fraction of sp³-hybridized carbons (Fsp3) is 0.824. The van der Waals surface area contributed by atoms with Crippen molar-refractivity contribution in [3.8, 4) is 0 Å². The van der Waals surface area contributed by atoms with Crippen molar-refractivity contribution < 1.29 is 4.79 Å². The van der Waals surface area contributed by atoms with Gasteiger partial charge in [0.25, 0.3) is 0 Å². The maximum absolute atomic E-state index is 12.3. The number of carbonyl (C=O) groups excluding carboxylic acids is 1. The first-order valence-corrected chi connectivity index (χ1v) is 8.26. The molecule has 2 nitrogen and oxygen atoms in total. The van der Waals surface area contributed by atoms with Crippen LogP contribution in [0.1, 0.15) is 60.3 Å². The number of halogens is 1. The Bertz CT molecular complexity index is 432. The minimum absolute atomic E-state index is 0.0708. The number of amides is 1. The van der Waals surface area contributed by atoms with Crippen LogP contribution in [0.2, 0.25) is 0 Å². The number of nitrogens with zero attached hydrogens (tertiary/aromatic N) is 1. The van der Waals surface area contributed by atoms with Gasteiger partial charge in [-0.05, 0) is 54.9 Å². The molecule has 0 N–H and O–H groups in total. The van der Waals surface area contributed by atoms with E-state index in [0.717, 1.165) is 13.0 Å². The van der Waals surface area contributed by atoms with E-state index in [2.05, 4.69) is 34.6 Å². The molecule has 1 saturated carbocycles. The smallest absolute Gasteiger partial charge is 0.241 e. The molecule has 2 aliphatic rings. The highest BCUT2D eigenvalue weighted by atomic mass is 35.5. The van der Waals surface area contributed by atoms with Gasteiger partial charge in [0.05, 0.1) is 0 Å². The van der Waals surface area contributed by atoms with Crippen LogP contribution in [-0.4, -0.2) is 23.2 Å². The van der Waals surface area contributed by atoms with Gasteiger partial charge in [-0.3, -0.25) is 4.79 Å². The molecule has 0 aromatic carbocycles. The van der Waals surface area contributed by atoms with E-state index in [-0.39, 0.29) is 22.6 Å². The first-order chi connectivity index (χ1) is 9.16. The first-order valence-electron chi connectivity index (χ1n) is 7.73. The fourth-order valence-electron chi connectivity index (χ4n) is 3.66. The predicted molar refractivity (Wildman–Crippen MR) is 84.7 cm³/mol. The molecule has 2 rings (SSSR count). The Kier molecular flexibility index (Phi) is 4.26. The van der Waals surface area contributed by atoms with E-state index in [9.17, 15) is 4.79 Å². The zero-order valence-electron chi connectivity index (χ0n) is 13.6. The quantitative estimate of drug-likeness (QED) is 0.695. The predicted octanol–water partition coefficient (Wildman–Crippen LogP) is 4.58. The number of hydrogen-bond acceptors (Lipinski definition) is 1. The molecule has 0 aromatic rings. The molecule has 2 aliphatic carbocycles. The standard InChI is InChI=1S/C17H28ClNO/c1-12-14(8-16(2,3)11-17(12,4)5)19(15(20)9-18)10-13-6-7-13/h13H,6-11H2,1-5H3. The molecule has 1 fully saturated rings. The molecule has 0 heterocycles. The Balaban J connectivity index is 2.35. The average molecular weight is 298 g/mol. The molecular weight excluding hydrogens is 270 g/mol. The lowest BCUT2D eigenvalue weighted by Crippen LogP contribution is -2.41. The maximum atomic E-state index is 12.3. The number of rotatable bonds is 4. The van der Waals surface area contributed by atoms with Crippen molar-refractivity contribution in [2.45, 2.75) is 60.3 Å². The highest BCUT2D eigenvalue weighted by molar-refractivity contribution is 6.27. The molecule has 0 aromatic heterocycles. The molecule has 3 heteroatoms. The van der Waals surface area contributed by atoms with Gasteiger partial charge in [-0.2, -0.15) is 0 Å². The minimum Gasteiger partial charge on any atom is -0.315 e. The van der Waals surface area contributed by atoms with Gasteiger partial charge in [-0.1, -0.05) is 27.7 Å². The van der Waals surface area contributed by atoms with Crippen LogP contribution in [0.5, 0.6) is 0 Å². The summed E-state index contributed by atoms with van der Waals surface area (Å²) in [6.45, 7) is 12.3. The van der Waals surface area contributed by atoms with Crippen LogP contribution in [0.3, 0.4) is 0 Å². The van der Waals surface area contributed by atoms with Crippen LogP contribution in [0.25, 0.3) is 0 Å². The Morgan fingerprint density at radius 3 is 2.40 bits per heavy atom. The minimum atomic E-state index is 0.0708. The summed E-state index contributed by atoms with van der Waals surface area (Å²) < 4.78 is 0. The van der Waals surface area contributed by atoms with Crippen LogP contribution < -0.4 is 0 Å². The molecule has 0 saturated heterocycles. The summed E-state index contributed by atoms with van der Waals surface area (Å²) in [5.74, 6) is 0.849. The van der Waals surface area contributed by atoms with Gasteiger partial charge in [0, 0.05) is 12.2 Å². The molecule has 114 valence electrons. The molecule has 0 bridgehead atoms. The second-order valence-electron chi connectivity index (χ2n) is 8.05. The molecule has 0 atom stereocenters. The zero-order valence-corrected chi connectivity index (χ0v) is 14.3. The Morgan fingerprint density at radius 1 is 1.30 bits per heavy atom. The Morgan fingerprint density at radius 2 is 1.90 bits per heavy atom. The maximum Gasteiger partial charge on any atom is 0.241 e. The second kappa shape index (κ2) is 5.36. The van der Waals surface area contributed by atoms with Gasteiger partial charge in [0.15, 0.2) is 0 Å². The van der Waals surface area contributed by atoms with Crippen molar-refractivity contribution in [3.05, 3.63) is 11.3 Å². The van der Waals surface area contributed by atoms with Crippen molar-refractivity contribution in [1.29, 1.82) is 0 Å². The van der Waals surface area contributed by atoms with E-state index < -0.39 is 0 Å². The third-order valence-electron chi connectivity index (χ3n) is 4.89. The molecule has 0 unspecified atom stereocenters. The fourth-order valence-corrected chi connectivity index (χ4v) is 3.80. The third-order valence-corrected chi connectivity index (χ3v) is 5.12. The van der Waals surface area contributed by atoms with Crippen molar-refractivity contribution in [2.75, 3.05) is 12.4 Å². The molecule has 0 spiro atoms. The van der Waals surface area contributed by atoms with E-state index in [4.69, 9.17) is 11.6 Å². The van der Waals surface area contributed by atoms with E-state index >= 15 is 0 Å². The summed E-state index contributed by atoms with van der Waals surface area (Å²) in [5, 5.41) is 0. The SMILES string of the molecule is CC1=C(N(CC2CC2)C(=O)CCl)CC(C)(C)CC1(C)C. The van der Waals surface area contributed by atoms with Crippen LogP contribution in [0, 0.1) is 16.7 Å². The second-order valence-corrected chi connectivity index (χ2v) is 8.32. The molecule has 1 amide bonds. The normalized spacial score (nSPS) is 24.7. The molecule has 0 aliphatic heterocycles. The average Bonchev–Trinajstić information content (AvgIpc) is 3.12. The van der Waals surface area contributed by atoms with E-state index in [1.165, 1.54) is 30.5 Å². The van der Waals surface area contributed by atoms with E-state index in [1.807, 2.05) is 4.90 Å². The number of carbonyl (C=O) groups is 1. The summed E-state index contributed by atoms with van der Waals surface area (Å²) in [4.78, 5) is 14.3. The summed E-state index contributed by atoms with van der Waals surface area (Å²) >= 11 is 5.85. The van der Waals surface area contributed by atoms with Crippen molar-refractivity contribution >= 4 is 17.5 Å². The van der Waals surface area contributed by atoms with Crippen LogP contribution in [0.4, 0.5) is 0 Å². The van der Waals surface area contributed by atoms with E-state index in [0.29, 0.717) is 5.92 Å². The van der Waals surface area contributed by atoms with Gasteiger partial charge < -0.3 is 4.90 Å². The van der Waals surface area contributed by atoms with Crippen LogP contribution >= 0.6 is 11.6 Å². The molecular formula is C17H28ClNO. The van der Waals surface area contributed by atoms with Crippen LogP contribution in [0.15, 0.2) is 11.3 Å². The van der Waals surface area contributed by atoms with E-state index in [1.54, 1.807) is 0 Å². The van der Waals surface area contributed by atoms with Crippen molar-refractivity contribution in [1.82, 2.24) is 4.90 Å². The van der Waals surface area contributed by atoms with Gasteiger partial charge in [0.1, 0.15) is 5.88 Å². The Labute approximate surface area is 128 Å². The lowest BCUT2D eigenvalue weighted by atomic mass is 9.64. The highest BCUT2D eigenvalue weighted by Crippen LogP contribution is 2.50. The van der Waals surface area contributed by atoms with Gasteiger partial charge in [-0.15, -0.1) is 11.6 Å². The lowest BCUT2D eigenvalue weighted by Gasteiger charge is -2.45. The number of alkyl halides is 1. The highest BCUT2D eigenvalue weighted by Gasteiger charge is 2.40. The van der Waals surface area contributed by atoms with Crippen LogP contribution in [-0.2, 0) is 4.79 Å². The molecule has 0 radical (unpaired) electrons. The Hall–Kier alpha value is -0.500. The number of hydrogen-bond donors (Lipinski definition) is 0. The van der Waals surface area contributed by atoms with Gasteiger partial charge in [-0.25, -0.2) is 0 Å². The summed E-state index contributed by atoms with van der Waals surface area (Å²) in [6, 6.07) is 0. The van der Waals surface area contributed by atoms with Gasteiger partial charge >= 0.3 is 0 Å². The lowest BCUT2D eigenvalue weighted by molar-refractivity contribution is -0.127. The zero-order chi connectivity index (χ0) is 15.1. The summed E-state index contributed by atoms with van der Waals surface area (Å²) in [5.41, 5.74) is 3.01. The summed E-state index contributed by atoms with van der Waals surface area (Å²) in [7, 11) is 0. The number of allylic oxidation sites excluding steroid dienone is 2. The molecule has 20 heavy (non-hydrogen) atoms. The van der Waals surface area contributed by atoms with Crippen molar-refractivity contribution in [3.63, 3.8) is 0 Å². The monoisotopic (exact) mass is 297 g/mol. The largest absolute Gasteiger partial charge is 0.315 e. The van der Waals surface area contributed by atoms with Gasteiger partial charge in [0.2, 0.25) is 5.91 Å². The summed E-state index contributed by atoms with van der Waals surface area (Å²) in [6.07, 6.45) is 4.66. The van der Waals surface area contributed by atoms with Crippen molar-refractivity contribution in [2.24, 2.45) is 16.7 Å².